The van der Waals surface area contributed by atoms with Gasteiger partial charge in [0.05, 0.1) is 6.54 Å². The van der Waals surface area contributed by atoms with Gasteiger partial charge in [0.15, 0.2) is 0 Å². The minimum Gasteiger partial charge on any atom is -0.358 e. The second-order valence-electron chi connectivity index (χ2n) is 3.69. The molecule has 1 aromatic carbocycles. The predicted octanol–water partition coefficient (Wildman–Crippen LogP) is 0.665. The molecule has 0 saturated heterocycles. The van der Waals surface area contributed by atoms with Crippen LogP contribution in [-0.4, -0.2) is 39.3 Å². The molecule has 6 heteroatoms. The molecule has 0 spiro atoms. The Balaban J connectivity index is 2.76. The average Bonchev–Trinajstić information content (AvgIpc) is 2.37. The third-order valence-corrected chi connectivity index (χ3v) is 3.79. The zero-order chi connectivity index (χ0) is 13.6. The lowest BCUT2D eigenvalue weighted by atomic mass is 10.2. The van der Waals surface area contributed by atoms with E-state index in [9.17, 15) is 13.2 Å². The van der Waals surface area contributed by atoms with E-state index in [4.69, 9.17) is 0 Å². The number of amides is 1. The molecule has 1 rings (SSSR count). The molecule has 0 aliphatic rings. The lowest BCUT2D eigenvalue weighted by molar-refractivity contribution is -0.120. The Morgan fingerprint density at radius 1 is 1.33 bits per heavy atom. The van der Waals surface area contributed by atoms with E-state index in [0.717, 1.165) is 15.3 Å². The molecular formula is C12H16N2O3S. The van der Waals surface area contributed by atoms with Gasteiger partial charge in [0.25, 0.3) is 0 Å². The third-order valence-electron chi connectivity index (χ3n) is 2.31. The molecule has 0 unspecified atom stereocenters. The Labute approximate surface area is 107 Å². The van der Waals surface area contributed by atoms with Crippen LogP contribution in [0, 0.1) is 0 Å². The first-order valence-corrected chi connectivity index (χ1v) is 6.86. The first-order valence-electron chi connectivity index (χ1n) is 5.36. The monoisotopic (exact) mass is 268 g/mol. The summed E-state index contributed by atoms with van der Waals surface area (Å²) in [5, 5.41) is 3.46. The van der Waals surface area contributed by atoms with Gasteiger partial charge in [-0.3, -0.25) is 4.79 Å². The van der Waals surface area contributed by atoms with Crippen molar-refractivity contribution >= 4 is 22.0 Å². The number of hydrogen-bond donors (Lipinski definition) is 1. The number of hydrogen-bond acceptors (Lipinski definition) is 3. The molecule has 0 aliphatic heterocycles. The molecule has 1 aromatic rings. The highest BCUT2D eigenvalue weighted by atomic mass is 32.2. The fourth-order valence-corrected chi connectivity index (χ4v) is 2.04. The Bertz CT molecular complexity index is 524. The molecule has 5 nitrogen and oxygen atoms in total. The molecule has 0 aliphatic carbocycles. The summed E-state index contributed by atoms with van der Waals surface area (Å²) in [4.78, 5) is 11.1. The molecule has 1 N–H and O–H groups in total. The van der Waals surface area contributed by atoms with Crippen molar-refractivity contribution in [1.29, 1.82) is 0 Å². The van der Waals surface area contributed by atoms with E-state index in [0.29, 0.717) is 0 Å². The maximum atomic E-state index is 11.8. The van der Waals surface area contributed by atoms with Gasteiger partial charge in [0.1, 0.15) is 0 Å². The van der Waals surface area contributed by atoms with Gasteiger partial charge in [-0.25, -0.2) is 8.42 Å². The number of nitrogens with zero attached hydrogens (tertiary/aromatic N) is 1. The van der Waals surface area contributed by atoms with Crippen LogP contribution in [0.1, 0.15) is 5.56 Å². The van der Waals surface area contributed by atoms with Crippen LogP contribution in [0.4, 0.5) is 0 Å². The third kappa shape index (κ3) is 4.31. The van der Waals surface area contributed by atoms with Crippen molar-refractivity contribution in [2.75, 3.05) is 20.6 Å². The quantitative estimate of drug-likeness (QED) is 0.853. The number of sulfonamides is 1. The minimum atomic E-state index is -3.57. The minimum absolute atomic E-state index is 0.196. The Hall–Kier alpha value is -1.66. The van der Waals surface area contributed by atoms with E-state index >= 15 is 0 Å². The van der Waals surface area contributed by atoms with Gasteiger partial charge < -0.3 is 5.32 Å². The topological polar surface area (TPSA) is 66.5 Å². The largest absolute Gasteiger partial charge is 0.358 e. The van der Waals surface area contributed by atoms with Crippen LogP contribution in [0.2, 0.25) is 0 Å². The number of carbonyl (C=O) groups excluding carboxylic acids is 1. The molecule has 0 radical (unpaired) electrons. The smallest absolute Gasteiger partial charge is 0.236 e. The number of carbonyl (C=O) groups is 1. The van der Waals surface area contributed by atoms with E-state index in [2.05, 4.69) is 5.32 Å². The lowest BCUT2D eigenvalue weighted by Gasteiger charge is -2.12. The maximum Gasteiger partial charge on any atom is 0.236 e. The number of nitrogens with one attached hydrogen (secondary N) is 1. The Morgan fingerprint density at radius 3 is 2.50 bits per heavy atom. The summed E-state index contributed by atoms with van der Waals surface area (Å²) < 4.78 is 24.6. The summed E-state index contributed by atoms with van der Waals surface area (Å²) >= 11 is 0. The SMILES string of the molecule is CNC(=O)CN(C)S(=O)(=O)/C=C/c1ccccc1. The number of benzene rings is 1. The zero-order valence-corrected chi connectivity index (χ0v) is 11.1. The average molecular weight is 268 g/mol. The van der Waals surface area contributed by atoms with Crippen molar-refractivity contribution in [3.63, 3.8) is 0 Å². The van der Waals surface area contributed by atoms with E-state index in [1.165, 1.54) is 20.2 Å². The molecule has 0 aromatic heterocycles. The maximum absolute atomic E-state index is 11.8. The highest BCUT2D eigenvalue weighted by Gasteiger charge is 2.16. The van der Waals surface area contributed by atoms with Crippen molar-refractivity contribution in [1.82, 2.24) is 9.62 Å². The summed E-state index contributed by atoms with van der Waals surface area (Å²) in [6, 6.07) is 9.08. The highest BCUT2D eigenvalue weighted by molar-refractivity contribution is 7.92. The van der Waals surface area contributed by atoms with Crippen molar-refractivity contribution in [2.24, 2.45) is 0 Å². The summed E-state index contributed by atoms with van der Waals surface area (Å²) in [5.41, 5.74) is 0.786. The molecule has 0 heterocycles. The van der Waals surface area contributed by atoms with E-state index in [1.807, 2.05) is 18.2 Å². The Morgan fingerprint density at radius 2 is 1.94 bits per heavy atom. The highest BCUT2D eigenvalue weighted by Crippen LogP contribution is 2.06. The van der Waals surface area contributed by atoms with Crippen LogP contribution < -0.4 is 5.32 Å². The van der Waals surface area contributed by atoms with Crippen molar-refractivity contribution in [3.8, 4) is 0 Å². The first kappa shape index (κ1) is 14.4. The zero-order valence-electron chi connectivity index (χ0n) is 10.3. The number of rotatable bonds is 5. The van der Waals surface area contributed by atoms with E-state index < -0.39 is 10.0 Å². The summed E-state index contributed by atoms with van der Waals surface area (Å²) in [5.74, 6) is -0.353. The fraction of sp³-hybridized carbons (Fsp3) is 0.250. The summed E-state index contributed by atoms with van der Waals surface area (Å²) in [6.07, 6.45) is 1.50. The molecule has 0 fully saturated rings. The first-order chi connectivity index (χ1) is 8.45. The lowest BCUT2D eigenvalue weighted by Crippen LogP contribution is -2.35. The summed E-state index contributed by atoms with van der Waals surface area (Å²) in [7, 11) is -0.750. The number of likely N-dealkylation sites (N-methyl/N-ethyl adjacent to an activating group) is 2. The van der Waals surface area contributed by atoms with Gasteiger partial charge in [0.2, 0.25) is 15.9 Å². The van der Waals surface area contributed by atoms with Gasteiger partial charge in [-0.1, -0.05) is 30.3 Å². The van der Waals surface area contributed by atoms with Crippen LogP contribution >= 0.6 is 0 Å². The molecule has 98 valence electrons. The van der Waals surface area contributed by atoms with Crippen LogP contribution in [0.15, 0.2) is 35.7 Å². The van der Waals surface area contributed by atoms with Crippen LogP contribution in [-0.2, 0) is 14.8 Å². The van der Waals surface area contributed by atoms with Gasteiger partial charge >= 0.3 is 0 Å². The fourth-order valence-electron chi connectivity index (χ4n) is 1.20. The van der Waals surface area contributed by atoms with E-state index in [1.54, 1.807) is 12.1 Å². The van der Waals surface area contributed by atoms with Gasteiger partial charge in [-0.15, -0.1) is 0 Å². The van der Waals surface area contributed by atoms with Crippen LogP contribution in [0.3, 0.4) is 0 Å². The second kappa shape index (κ2) is 6.32. The van der Waals surface area contributed by atoms with E-state index in [-0.39, 0.29) is 12.5 Å². The van der Waals surface area contributed by atoms with Crippen molar-refractivity contribution in [2.45, 2.75) is 0 Å². The van der Waals surface area contributed by atoms with Gasteiger partial charge in [0, 0.05) is 19.5 Å². The van der Waals surface area contributed by atoms with Crippen molar-refractivity contribution < 1.29 is 13.2 Å². The van der Waals surface area contributed by atoms with Gasteiger partial charge in [-0.2, -0.15) is 4.31 Å². The Kier molecular flexibility index (Phi) is 5.06. The molecule has 0 bridgehead atoms. The second-order valence-corrected chi connectivity index (χ2v) is 5.61. The van der Waals surface area contributed by atoms with Crippen LogP contribution in [0.5, 0.6) is 0 Å². The molecular weight excluding hydrogens is 252 g/mol. The van der Waals surface area contributed by atoms with Crippen molar-refractivity contribution in [3.05, 3.63) is 41.3 Å². The molecule has 18 heavy (non-hydrogen) atoms. The molecule has 0 saturated carbocycles. The predicted molar refractivity (Wildman–Crippen MR) is 71.1 cm³/mol. The van der Waals surface area contributed by atoms with Crippen LogP contribution in [0.25, 0.3) is 6.08 Å². The van der Waals surface area contributed by atoms with Gasteiger partial charge in [-0.05, 0) is 11.6 Å². The normalized spacial score (nSPS) is 11.9. The summed E-state index contributed by atoms with van der Waals surface area (Å²) in [6.45, 7) is -0.196. The standard InChI is InChI=1S/C12H16N2O3S/c1-13-12(15)10-14(2)18(16,17)9-8-11-6-4-3-5-7-11/h3-9H,10H2,1-2H3,(H,13,15)/b9-8+. The molecule has 0 atom stereocenters. The molecule has 1 amide bonds.